The van der Waals surface area contributed by atoms with Gasteiger partial charge in [-0.25, -0.2) is 8.78 Å². The first-order valence-corrected chi connectivity index (χ1v) is 4.00. The largest absolute Gasteiger partial charge is 0.485 e. The van der Waals surface area contributed by atoms with Crippen molar-refractivity contribution in [2.45, 2.75) is 6.10 Å². The van der Waals surface area contributed by atoms with Crippen molar-refractivity contribution in [2.24, 2.45) is 0 Å². The summed E-state index contributed by atoms with van der Waals surface area (Å²) in [6.45, 7) is -0.844. The van der Waals surface area contributed by atoms with Gasteiger partial charge in [0.2, 0.25) is 0 Å². The molecule has 0 saturated heterocycles. The van der Waals surface area contributed by atoms with Gasteiger partial charge < -0.3 is 14.9 Å². The van der Waals surface area contributed by atoms with Gasteiger partial charge in [0.05, 0.1) is 13.2 Å². The third-order valence-electron chi connectivity index (χ3n) is 1.55. The maximum absolute atomic E-state index is 12.6. The molecule has 1 aromatic carbocycles. The fraction of sp³-hybridized carbons (Fsp3) is 0.333. The minimum Gasteiger partial charge on any atom is -0.485 e. The van der Waals surface area contributed by atoms with Gasteiger partial charge in [-0.3, -0.25) is 0 Å². The van der Waals surface area contributed by atoms with Gasteiger partial charge in [0.15, 0.2) is 0 Å². The van der Waals surface area contributed by atoms with Crippen LogP contribution in [0, 0.1) is 11.6 Å². The van der Waals surface area contributed by atoms with Crippen LogP contribution >= 0.6 is 0 Å². The van der Waals surface area contributed by atoms with E-state index in [-0.39, 0.29) is 5.75 Å². The first-order valence-electron chi connectivity index (χ1n) is 4.00. The van der Waals surface area contributed by atoms with Crippen LogP contribution < -0.4 is 4.74 Å². The number of ether oxygens (including phenoxy) is 1. The first kappa shape index (κ1) is 10.9. The summed E-state index contributed by atoms with van der Waals surface area (Å²) in [4.78, 5) is 0. The predicted octanol–water partition coefficient (Wildman–Crippen LogP) is 0.697. The van der Waals surface area contributed by atoms with Crippen molar-refractivity contribution in [3.05, 3.63) is 29.8 Å². The highest BCUT2D eigenvalue weighted by Gasteiger charge is 2.09. The van der Waals surface area contributed by atoms with Crippen LogP contribution in [0.4, 0.5) is 8.78 Å². The summed E-state index contributed by atoms with van der Waals surface area (Å²) in [5.41, 5.74) is 0. The molecule has 14 heavy (non-hydrogen) atoms. The molecule has 0 aliphatic rings. The zero-order chi connectivity index (χ0) is 10.6. The molecule has 0 radical (unpaired) electrons. The van der Waals surface area contributed by atoms with Crippen molar-refractivity contribution in [1.82, 2.24) is 0 Å². The van der Waals surface area contributed by atoms with Crippen molar-refractivity contribution in [3.63, 3.8) is 0 Å². The Morgan fingerprint density at radius 3 is 2.00 bits per heavy atom. The second-order valence-corrected chi connectivity index (χ2v) is 2.71. The molecule has 0 amide bonds. The highest BCUT2D eigenvalue weighted by molar-refractivity contribution is 5.24. The molecule has 2 N–H and O–H groups in total. The topological polar surface area (TPSA) is 49.7 Å². The van der Waals surface area contributed by atoms with Crippen molar-refractivity contribution < 1.29 is 23.7 Å². The number of hydrogen-bond acceptors (Lipinski definition) is 3. The highest BCUT2D eigenvalue weighted by atomic mass is 19.1. The molecule has 3 nitrogen and oxygen atoms in total. The van der Waals surface area contributed by atoms with Crippen LogP contribution in [0.25, 0.3) is 0 Å². The standard InChI is InChI=1S/C9H10F2O3/c10-6-1-7(11)3-8(2-6)14-9(4-12)5-13/h1-3,9,12-13H,4-5H2. The predicted molar refractivity (Wildman–Crippen MR) is 44.9 cm³/mol. The molecule has 0 unspecified atom stereocenters. The van der Waals surface area contributed by atoms with E-state index in [9.17, 15) is 8.78 Å². The molecule has 0 fully saturated rings. The summed E-state index contributed by atoms with van der Waals surface area (Å²) in [5, 5.41) is 17.3. The van der Waals surface area contributed by atoms with Gasteiger partial charge >= 0.3 is 0 Å². The van der Waals surface area contributed by atoms with Crippen LogP contribution in [0.2, 0.25) is 0 Å². The molecule has 78 valence electrons. The van der Waals surface area contributed by atoms with E-state index in [4.69, 9.17) is 14.9 Å². The van der Waals surface area contributed by atoms with Crippen molar-refractivity contribution >= 4 is 0 Å². The Morgan fingerprint density at radius 2 is 1.57 bits per heavy atom. The van der Waals surface area contributed by atoms with Crippen molar-refractivity contribution in [3.8, 4) is 5.75 Å². The number of aliphatic hydroxyl groups is 2. The molecule has 1 aromatic rings. The molecule has 0 spiro atoms. The summed E-state index contributed by atoms with van der Waals surface area (Å²) in [7, 11) is 0. The fourth-order valence-corrected chi connectivity index (χ4v) is 0.921. The van der Waals surface area contributed by atoms with Gasteiger partial charge in [0.1, 0.15) is 23.5 Å². The third kappa shape index (κ3) is 2.93. The van der Waals surface area contributed by atoms with Crippen LogP contribution in [-0.4, -0.2) is 29.5 Å². The van der Waals surface area contributed by atoms with E-state index >= 15 is 0 Å². The molecular formula is C9H10F2O3. The Labute approximate surface area is 79.6 Å². The molecular weight excluding hydrogens is 194 g/mol. The summed E-state index contributed by atoms with van der Waals surface area (Å²) >= 11 is 0. The highest BCUT2D eigenvalue weighted by Crippen LogP contribution is 2.16. The van der Waals surface area contributed by atoms with Crippen LogP contribution in [0.3, 0.4) is 0 Å². The first-order chi connectivity index (χ1) is 6.65. The van der Waals surface area contributed by atoms with E-state index in [1.54, 1.807) is 0 Å². The van der Waals surface area contributed by atoms with Crippen molar-refractivity contribution in [2.75, 3.05) is 13.2 Å². The molecule has 0 aromatic heterocycles. The molecule has 1 rings (SSSR count). The van der Waals surface area contributed by atoms with E-state index < -0.39 is 31.0 Å². The number of aliphatic hydroxyl groups excluding tert-OH is 2. The smallest absolute Gasteiger partial charge is 0.145 e. The Kier molecular flexibility index (Phi) is 3.79. The fourth-order valence-electron chi connectivity index (χ4n) is 0.921. The Hall–Kier alpha value is -1.20. The lowest BCUT2D eigenvalue weighted by Crippen LogP contribution is -2.25. The number of hydrogen-bond donors (Lipinski definition) is 2. The second-order valence-electron chi connectivity index (χ2n) is 2.71. The van der Waals surface area contributed by atoms with E-state index in [2.05, 4.69) is 0 Å². The van der Waals surface area contributed by atoms with E-state index in [1.165, 1.54) is 0 Å². The average molecular weight is 204 g/mol. The minimum absolute atomic E-state index is 0.0596. The SMILES string of the molecule is OCC(CO)Oc1cc(F)cc(F)c1. The molecule has 0 heterocycles. The van der Waals surface area contributed by atoms with Crippen molar-refractivity contribution in [1.29, 1.82) is 0 Å². The van der Waals surface area contributed by atoms with Crippen LogP contribution in [-0.2, 0) is 0 Å². The molecule has 5 heteroatoms. The third-order valence-corrected chi connectivity index (χ3v) is 1.55. The second kappa shape index (κ2) is 4.88. The lowest BCUT2D eigenvalue weighted by molar-refractivity contribution is 0.0624. The van der Waals surface area contributed by atoms with E-state index in [1.807, 2.05) is 0 Å². The van der Waals surface area contributed by atoms with Gasteiger partial charge in [-0.2, -0.15) is 0 Å². The number of rotatable bonds is 4. The van der Waals surface area contributed by atoms with Gasteiger partial charge in [0.25, 0.3) is 0 Å². The van der Waals surface area contributed by atoms with Crippen LogP contribution in [0.5, 0.6) is 5.75 Å². The molecule has 0 bridgehead atoms. The van der Waals surface area contributed by atoms with E-state index in [0.29, 0.717) is 6.07 Å². The van der Waals surface area contributed by atoms with Gasteiger partial charge in [0, 0.05) is 18.2 Å². The molecule has 0 aliphatic carbocycles. The Morgan fingerprint density at radius 1 is 1.07 bits per heavy atom. The quantitative estimate of drug-likeness (QED) is 0.758. The Balaban J connectivity index is 2.75. The minimum atomic E-state index is -0.865. The zero-order valence-corrected chi connectivity index (χ0v) is 7.28. The lowest BCUT2D eigenvalue weighted by Gasteiger charge is -2.13. The summed E-state index contributed by atoms with van der Waals surface area (Å²) < 4.78 is 30.2. The molecule has 0 aliphatic heterocycles. The average Bonchev–Trinajstić information content (AvgIpc) is 2.12. The zero-order valence-electron chi connectivity index (χ0n) is 7.28. The lowest BCUT2D eigenvalue weighted by atomic mass is 10.3. The maximum atomic E-state index is 12.6. The van der Waals surface area contributed by atoms with Crippen LogP contribution in [0.15, 0.2) is 18.2 Å². The summed E-state index contributed by atoms with van der Waals surface area (Å²) in [6, 6.07) is 2.66. The number of benzene rings is 1. The normalized spacial score (nSPS) is 10.6. The molecule has 0 atom stereocenters. The summed E-state index contributed by atoms with van der Waals surface area (Å²) in [6.07, 6.45) is -0.865. The van der Waals surface area contributed by atoms with E-state index in [0.717, 1.165) is 12.1 Å². The maximum Gasteiger partial charge on any atom is 0.145 e. The van der Waals surface area contributed by atoms with Gasteiger partial charge in [-0.15, -0.1) is 0 Å². The van der Waals surface area contributed by atoms with Crippen LogP contribution in [0.1, 0.15) is 0 Å². The number of halogens is 2. The Bertz CT molecular complexity index is 280. The van der Waals surface area contributed by atoms with Gasteiger partial charge in [-0.1, -0.05) is 0 Å². The monoisotopic (exact) mass is 204 g/mol. The summed E-state index contributed by atoms with van der Waals surface area (Å²) in [5.74, 6) is -1.60. The van der Waals surface area contributed by atoms with Gasteiger partial charge in [-0.05, 0) is 0 Å². The molecule has 0 saturated carbocycles.